The molecule has 1 aromatic heterocycles. The molecule has 100 valence electrons. The molecule has 19 heavy (non-hydrogen) atoms. The van der Waals surface area contributed by atoms with E-state index in [9.17, 15) is 8.42 Å². The Kier molecular flexibility index (Phi) is 3.74. The second-order valence-electron chi connectivity index (χ2n) is 3.32. The number of nitrogens with one attached hydrogen (secondary N) is 1. The Balaban J connectivity index is 2.39. The van der Waals surface area contributed by atoms with E-state index in [2.05, 4.69) is 19.7 Å². The summed E-state index contributed by atoms with van der Waals surface area (Å²) in [6.45, 7) is 0. The number of sulfonamides is 1. The third-order valence-electron chi connectivity index (χ3n) is 1.98. The van der Waals surface area contributed by atoms with Crippen LogP contribution in [-0.4, -0.2) is 23.4 Å². The van der Waals surface area contributed by atoms with Crippen LogP contribution >= 0.6 is 23.2 Å². The van der Waals surface area contributed by atoms with Crippen molar-refractivity contribution in [2.75, 3.05) is 10.5 Å². The fourth-order valence-electron chi connectivity index (χ4n) is 1.25. The van der Waals surface area contributed by atoms with Gasteiger partial charge in [-0.1, -0.05) is 23.7 Å². The van der Waals surface area contributed by atoms with Crippen LogP contribution in [-0.2, 0) is 10.0 Å². The molecule has 0 bridgehead atoms. The molecule has 0 unspecified atom stereocenters. The minimum atomic E-state index is -3.93. The molecular weight excluding hydrogens is 313 g/mol. The van der Waals surface area contributed by atoms with Crippen LogP contribution in [0, 0.1) is 0 Å². The number of benzene rings is 1. The quantitative estimate of drug-likeness (QED) is 0.888. The molecule has 0 radical (unpaired) electrons. The van der Waals surface area contributed by atoms with Crippen LogP contribution in [0.5, 0.6) is 0 Å². The number of aromatic nitrogens is 3. The van der Waals surface area contributed by atoms with Gasteiger partial charge in [0.15, 0.2) is 0 Å². The fraction of sp³-hybridized carbons (Fsp3) is 0. The topological polar surface area (TPSA) is 111 Å². The van der Waals surface area contributed by atoms with Gasteiger partial charge in [0, 0.05) is 0 Å². The molecule has 1 heterocycles. The van der Waals surface area contributed by atoms with Gasteiger partial charge in [-0.2, -0.15) is 15.0 Å². The number of rotatable bonds is 3. The Morgan fingerprint density at radius 2 is 1.79 bits per heavy atom. The van der Waals surface area contributed by atoms with Crippen molar-refractivity contribution in [1.82, 2.24) is 15.0 Å². The van der Waals surface area contributed by atoms with Crippen LogP contribution in [0.25, 0.3) is 0 Å². The maximum atomic E-state index is 12.1. The zero-order chi connectivity index (χ0) is 14.0. The molecule has 0 aliphatic carbocycles. The predicted octanol–water partition coefficient (Wildman–Crippen LogP) is 1.56. The van der Waals surface area contributed by atoms with Gasteiger partial charge in [0.1, 0.15) is 4.90 Å². The lowest BCUT2D eigenvalue weighted by molar-refractivity contribution is 0.601. The monoisotopic (exact) mass is 319 g/mol. The highest BCUT2D eigenvalue weighted by molar-refractivity contribution is 7.92. The summed E-state index contributed by atoms with van der Waals surface area (Å²) in [5.41, 5.74) is 5.34. The summed E-state index contributed by atoms with van der Waals surface area (Å²) in [5.74, 6) is -0.478. The zero-order valence-electron chi connectivity index (χ0n) is 9.21. The Hall–Kier alpha value is -1.64. The Bertz CT molecular complexity index is 702. The van der Waals surface area contributed by atoms with Crippen molar-refractivity contribution in [2.45, 2.75) is 4.90 Å². The standard InChI is InChI=1S/C9H7Cl2N5O2S/c10-5-3-1-2-4-6(5)19(17,18)16-9-14-7(11)13-8(12)15-9/h1-4H,(H3,12,13,14,15,16). The molecule has 0 amide bonds. The summed E-state index contributed by atoms with van der Waals surface area (Å²) >= 11 is 11.4. The number of nitrogens with zero attached hydrogens (tertiary/aromatic N) is 3. The number of hydrogen-bond acceptors (Lipinski definition) is 6. The lowest BCUT2D eigenvalue weighted by Gasteiger charge is -2.08. The van der Waals surface area contributed by atoms with Gasteiger partial charge in [0.05, 0.1) is 5.02 Å². The zero-order valence-corrected chi connectivity index (χ0v) is 11.5. The molecule has 0 fully saturated rings. The molecule has 0 aliphatic heterocycles. The van der Waals surface area contributed by atoms with Crippen molar-refractivity contribution in [1.29, 1.82) is 0 Å². The maximum absolute atomic E-state index is 12.1. The molecule has 0 atom stereocenters. The van der Waals surface area contributed by atoms with Gasteiger partial charge in [-0.05, 0) is 23.7 Å². The first kappa shape index (κ1) is 13.8. The number of anilines is 2. The Morgan fingerprint density at radius 3 is 2.42 bits per heavy atom. The SMILES string of the molecule is Nc1nc(Cl)nc(NS(=O)(=O)c2ccccc2Cl)n1. The third kappa shape index (κ3) is 3.22. The number of hydrogen-bond donors (Lipinski definition) is 2. The lowest BCUT2D eigenvalue weighted by Crippen LogP contribution is -2.16. The molecule has 2 rings (SSSR count). The van der Waals surface area contributed by atoms with Gasteiger partial charge in [0.2, 0.25) is 17.2 Å². The van der Waals surface area contributed by atoms with E-state index in [0.717, 1.165) is 0 Å². The molecule has 3 N–H and O–H groups in total. The Labute approximate surface area is 118 Å². The van der Waals surface area contributed by atoms with E-state index >= 15 is 0 Å². The predicted molar refractivity (Wildman–Crippen MR) is 71.5 cm³/mol. The van der Waals surface area contributed by atoms with Gasteiger partial charge in [-0.25, -0.2) is 13.1 Å². The maximum Gasteiger partial charge on any atom is 0.265 e. The van der Waals surface area contributed by atoms with Gasteiger partial charge < -0.3 is 5.73 Å². The second kappa shape index (κ2) is 5.16. The van der Waals surface area contributed by atoms with Gasteiger partial charge >= 0.3 is 0 Å². The molecule has 2 aromatic rings. The first-order chi connectivity index (χ1) is 8.88. The van der Waals surface area contributed by atoms with Crippen molar-refractivity contribution in [3.8, 4) is 0 Å². The van der Waals surface area contributed by atoms with E-state index in [-0.39, 0.29) is 27.1 Å². The van der Waals surface area contributed by atoms with Gasteiger partial charge in [-0.3, -0.25) is 0 Å². The van der Waals surface area contributed by atoms with Crippen LogP contribution < -0.4 is 10.5 Å². The average molecular weight is 320 g/mol. The molecule has 7 nitrogen and oxygen atoms in total. The number of nitrogens with two attached hydrogens (primary N) is 1. The minimum Gasteiger partial charge on any atom is -0.368 e. The first-order valence-electron chi connectivity index (χ1n) is 4.83. The van der Waals surface area contributed by atoms with E-state index in [1.165, 1.54) is 18.2 Å². The van der Waals surface area contributed by atoms with E-state index in [0.29, 0.717) is 0 Å². The highest BCUT2D eigenvalue weighted by atomic mass is 35.5. The van der Waals surface area contributed by atoms with E-state index < -0.39 is 10.0 Å². The van der Waals surface area contributed by atoms with Crippen molar-refractivity contribution in [2.24, 2.45) is 0 Å². The second-order valence-corrected chi connectivity index (χ2v) is 5.72. The summed E-state index contributed by atoms with van der Waals surface area (Å²) in [5, 5.41) is -0.146. The molecule has 0 saturated heterocycles. The van der Waals surface area contributed by atoms with Crippen molar-refractivity contribution < 1.29 is 8.42 Å². The molecular formula is C9H7Cl2N5O2S. The summed E-state index contributed by atoms with van der Waals surface area (Å²) in [7, 11) is -3.93. The van der Waals surface area contributed by atoms with Crippen LogP contribution in [0.15, 0.2) is 29.2 Å². The highest BCUT2D eigenvalue weighted by Gasteiger charge is 2.19. The molecule has 0 spiro atoms. The van der Waals surface area contributed by atoms with E-state index in [4.69, 9.17) is 28.9 Å². The van der Waals surface area contributed by atoms with Crippen LogP contribution in [0.3, 0.4) is 0 Å². The van der Waals surface area contributed by atoms with Crippen LogP contribution in [0.2, 0.25) is 10.3 Å². The van der Waals surface area contributed by atoms with Crippen LogP contribution in [0.4, 0.5) is 11.9 Å². The third-order valence-corrected chi connectivity index (χ3v) is 3.97. The summed E-state index contributed by atoms with van der Waals surface area (Å²) < 4.78 is 26.2. The summed E-state index contributed by atoms with van der Waals surface area (Å²) in [6.07, 6.45) is 0. The van der Waals surface area contributed by atoms with Crippen LogP contribution in [0.1, 0.15) is 0 Å². The number of halogens is 2. The summed E-state index contributed by atoms with van der Waals surface area (Å²) in [6, 6.07) is 5.94. The minimum absolute atomic E-state index is 0.0723. The van der Waals surface area contributed by atoms with Crippen molar-refractivity contribution in [3.05, 3.63) is 34.6 Å². The lowest BCUT2D eigenvalue weighted by atomic mass is 10.4. The van der Waals surface area contributed by atoms with Crippen molar-refractivity contribution >= 4 is 45.1 Å². The largest absolute Gasteiger partial charge is 0.368 e. The number of nitrogen functional groups attached to an aromatic ring is 1. The fourth-order valence-corrected chi connectivity index (χ4v) is 2.88. The molecule has 1 aromatic carbocycles. The summed E-state index contributed by atoms with van der Waals surface area (Å²) in [4.78, 5) is 10.6. The normalized spacial score (nSPS) is 11.3. The molecule has 10 heteroatoms. The van der Waals surface area contributed by atoms with Gasteiger partial charge in [0.25, 0.3) is 10.0 Å². The first-order valence-corrected chi connectivity index (χ1v) is 7.07. The average Bonchev–Trinajstić information content (AvgIpc) is 2.26. The van der Waals surface area contributed by atoms with E-state index in [1.54, 1.807) is 6.07 Å². The molecule has 0 saturated carbocycles. The van der Waals surface area contributed by atoms with Gasteiger partial charge in [-0.15, -0.1) is 0 Å². The highest BCUT2D eigenvalue weighted by Crippen LogP contribution is 2.22. The smallest absolute Gasteiger partial charge is 0.265 e. The van der Waals surface area contributed by atoms with E-state index in [1.807, 2.05) is 0 Å². The Morgan fingerprint density at radius 1 is 1.11 bits per heavy atom. The molecule has 0 aliphatic rings. The van der Waals surface area contributed by atoms with Crippen molar-refractivity contribution in [3.63, 3.8) is 0 Å².